The SMILES string of the molecule is COc1ccccc1[C@@H]1c2sc(=O)n(CC(=O)Nc3ccc(F)cc3)c2S[C@H]2C(=O)N(c3ccc([N+](=O)[O-])cc3)C(=O)[C@@H]12. The van der Waals surface area contributed by atoms with Crippen molar-refractivity contribution in [3.8, 4) is 5.75 Å². The van der Waals surface area contributed by atoms with E-state index in [1.807, 2.05) is 0 Å². The summed E-state index contributed by atoms with van der Waals surface area (Å²) in [5.74, 6) is -3.27. The van der Waals surface area contributed by atoms with Crippen LogP contribution in [0.3, 0.4) is 0 Å². The van der Waals surface area contributed by atoms with E-state index in [4.69, 9.17) is 4.74 Å². The van der Waals surface area contributed by atoms with Crippen LogP contribution < -0.4 is 19.8 Å². The molecule has 1 N–H and O–H groups in total. The zero-order chi connectivity index (χ0) is 30.4. The van der Waals surface area contributed by atoms with E-state index in [1.54, 1.807) is 24.3 Å². The predicted octanol–water partition coefficient (Wildman–Crippen LogP) is 4.40. The molecule has 3 aromatic carbocycles. The van der Waals surface area contributed by atoms with Crippen LogP contribution >= 0.6 is 23.1 Å². The standard InChI is InChI=1S/C29H21FN4O7S2/c1-41-20-5-3-2-4-19(20)22-23-24(27(37)33(26(23)36)17-10-12-18(13-11-17)34(39)40)42-28-25(22)43-29(38)32(28)14-21(35)31-16-8-6-15(30)7-9-16/h2-13,22-24H,14H2,1H3,(H,31,35)/t22-,23-,24+/m0/s1. The summed E-state index contributed by atoms with van der Waals surface area (Å²) in [5, 5.41) is 13.2. The van der Waals surface area contributed by atoms with Gasteiger partial charge in [-0.15, -0.1) is 0 Å². The zero-order valence-electron chi connectivity index (χ0n) is 22.3. The van der Waals surface area contributed by atoms with Gasteiger partial charge in [-0.1, -0.05) is 41.3 Å². The van der Waals surface area contributed by atoms with E-state index in [-0.39, 0.29) is 17.9 Å². The number of nitrogens with zero attached hydrogens (tertiary/aromatic N) is 3. The van der Waals surface area contributed by atoms with E-state index in [0.29, 0.717) is 26.9 Å². The number of carbonyl (C=O) groups excluding carboxylic acids is 3. The first-order valence-electron chi connectivity index (χ1n) is 12.9. The summed E-state index contributed by atoms with van der Waals surface area (Å²) >= 11 is 1.93. The number of nitrogens with one attached hydrogen (secondary N) is 1. The molecule has 0 spiro atoms. The Bertz CT molecular complexity index is 1840. The van der Waals surface area contributed by atoms with Crippen LogP contribution in [0.1, 0.15) is 16.4 Å². The molecule has 2 aliphatic rings. The predicted molar refractivity (Wildman–Crippen MR) is 157 cm³/mol. The molecule has 43 heavy (non-hydrogen) atoms. The average molecular weight is 621 g/mol. The number of rotatable bonds is 7. The lowest BCUT2D eigenvalue weighted by Crippen LogP contribution is -2.33. The van der Waals surface area contributed by atoms with E-state index in [2.05, 4.69) is 5.32 Å². The number of ether oxygens (including phenoxy) is 1. The molecule has 0 saturated carbocycles. The number of fused-ring (bicyclic) bond motifs is 2. The summed E-state index contributed by atoms with van der Waals surface area (Å²) in [5.41, 5.74) is 0.941. The quantitative estimate of drug-likeness (QED) is 0.182. The molecule has 0 aliphatic carbocycles. The molecule has 1 saturated heterocycles. The summed E-state index contributed by atoms with van der Waals surface area (Å²) in [4.78, 5) is 65.8. The van der Waals surface area contributed by atoms with Gasteiger partial charge in [0.15, 0.2) is 0 Å². The van der Waals surface area contributed by atoms with Crippen LogP contribution in [0.2, 0.25) is 0 Å². The summed E-state index contributed by atoms with van der Waals surface area (Å²) < 4.78 is 20.2. The minimum absolute atomic E-state index is 0.188. The number of anilines is 2. The maximum atomic E-state index is 14.0. The highest BCUT2D eigenvalue weighted by molar-refractivity contribution is 8.00. The number of halogens is 1. The van der Waals surface area contributed by atoms with Gasteiger partial charge in [0.25, 0.3) is 5.69 Å². The molecular weight excluding hydrogens is 599 g/mol. The van der Waals surface area contributed by atoms with E-state index in [0.717, 1.165) is 28.0 Å². The second-order valence-electron chi connectivity index (χ2n) is 9.75. The Balaban J connectivity index is 1.42. The molecule has 218 valence electrons. The van der Waals surface area contributed by atoms with Crippen molar-refractivity contribution < 1.29 is 28.4 Å². The summed E-state index contributed by atoms with van der Waals surface area (Å²) in [6.07, 6.45) is 0. The highest BCUT2D eigenvalue weighted by Gasteiger charge is 2.57. The Morgan fingerprint density at radius 2 is 1.72 bits per heavy atom. The molecule has 6 rings (SSSR count). The number of hydrogen-bond acceptors (Lipinski definition) is 9. The van der Waals surface area contributed by atoms with E-state index in [9.17, 15) is 33.7 Å². The van der Waals surface area contributed by atoms with E-state index >= 15 is 0 Å². The Morgan fingerprint density at radius 1 is 1.02 bits per heavy atom. The van der Waals surface area contributed by atoms with Gasteiger partial charge in [-0.25, -0.2) is 9.29 Å². The van der Waals surface area contributed by atoms with Crippen molar-refractivity contribution in [2.24, 2.45) is 5.92 Å². The summed E-state index contributed by atoms with van der Waals surface area (Å²) in [6.45, 7) is -0.376. The van der Waals surface area contributed by atoms with Crippen molar-refractivity contribution in [3.63, 3.8) is 0 Å². The lowest BCUT2D eigenvalue weighted by Gasteiger charge is -2.31. The van der Waals surface area contributed by atoms with Crippen molar-refractivity contribution in [3.05, 3.63) is 109 Å². The third kappa shape index (κ3) is 4.97. The Hall–Kier alpha value is -4.82. The number of non-ortho nitro benzene ring substituents is 1. The molecule has 1 fully saturated rings. The lowest BCUT2D eigenvalue weighted by molar-refractivity contribution is -0.384. The molecule has 0 unspecified atom stereocenters. The van der Waals surface area contributed by atoms with Crippen molar-refractivity contribution >= 4 is 57.9 Å². The number of amides is 3. The second kappa shape index (κ2) is 11.1. The fourth-order valence-corrected chi connectivity index (χ4v) is 8.13. The number of para-hydroxylation sites is 1. The molecule has 3 heterocycles. The molecule has 3 atom stereocenters. The number of hydrogen-bond donors (Lipinski definition) is 1. The van der Waals surface area contributed by atoms with Crippen LogP contribution in [0.15, 0.2) is 82.6 Å². The van der Waals surface area contributed by atoms with Gasteiger partial charge in [-0.2, -0.15) is 0 Å². The van der Waals surface area contributed by atoms with Crippen LogP contribution in [-0.2, 0) is 20.9 Å². The van der Waals surface area contributed by atoms with Gasteiger partial charge in [0, 0.05) is 34.2 Å². The van der Waals surface area contributed by atoms with Gasteiger partial charge in [-0.3, -0.25) is 33.9 Å². The number of thiazole rings is 1. The molecule has 14 heteroatoms. The van der Waals surface area contributed by atoms with Gasteiger partial charge >= 0.3 is 4.87 Å². The first-order valence-corrected chi connectivity index (χ1v) is 14.6. The molecule has 4 aromatic rings. The third-order valence-electron chi connectivity index (χ3n) is 7.27. The molecule has 3 amide bonds. The fourth-order valence-electron chi connectivity index (χ4n) is 5.37. The molecule has 0 radical (unpaired) electrons. The van der Waals surface area contributed by atoms with Crippen molar-refractivity contribution in [1.82, 2.24) is 4.57 Å². The van der Waals surface area contributed by atoms with Crippen LogP contribution in [0.5, 0.6) is 5.75 Å². The average Bonchev–Trinajstić information content (AvgIpc) is 3.44. The van der Waals surface area contributed by atoms with Gasteiger partial charge in [-0.05, 0) is 42.5 Å². The van der Waals surface area contributed by atoms with Crippen LogP contribution in [0.25, 0.3) is 0 Å². The molecule has 1 aromatic heterocycles. The smallest absolute Gasteiger partial charge is 0.308 e. The third-order valence-corrected chi connectivity index (χ3v) is 9.88. The Labute approximate surface area is 251 Å². The van der Waals surface area contributed by atoms with Gasteiger partial charge < -0.3 is 10.1 Å². The highest BCUT2D eigenvalue weighted by Crippen LogP contribution is 2.55. The van der Waals surface area contributed by atoms with Crippen LogP contribution in [0.4, 0.5) is 21.5 Å². The number of aromatic nitrogens is 1. The van der Waals surface area contributed by atoms with Crippen LogP contribution in [0, 0.1) is 21.8 Å². The van der Waals surface area contributed by atoms with Gasteiger partial charge in [0.1, 0.15) is 23.4 Å². The summed E-state index contributed by atoms with van der Waals surface area (Å²) in [6, 6.07) is 17.3. The minimum Gasteiger partial charge on any atom is -0.496 e. The first kappa shape index (κ1) is 28.3. The minimum atomic E-state index is -0.953. The highest BCUT2D eigenvalue weighted by atomic mass is 32.2. The fraction of sp³-hybridized carbons (Fsp3) is 0.172. The monoisotopic (exact) mass is 620 g/mol. The summed E-state index contributed by atoms with van der Waals surface area (Å²) in [7, 11) is 1.48. The number of imide groups is 1. The molecule has 2 aliphatic heterocycles. The second-order valence-corrected chi connectivity index (χ2v) is 11.9. The largest absolute Gasteiger partial charge is 0.496 e. The maximum absolute atomic E-state index is 14.0. The van der Waals surface area contributed by atoms with Gasteiger partial charge in [0.05, 0.1) is 28.7 Å². The Kier molecular flexibility index (Phi) is 7.31. The van der Waals surface area contributed by atoms with E-state index < -0.39 is 50.4 Å². The van der Waals surface area contributed by atoms with Crippen LogP contribution in [-0.4, -0.2) is 39.6 Å². The normalized spacial score (nSPS) is 19.1. The Morgan fingerprint density at radius 3 is 2.40 bits per heavy atom. The van der Waals surface area contributed by atoms with Crippen molar-refractivity contribution in [2.45, 2.75) is 22.7 Å². The number of methoxy groups -OCH3 is 1. The van der Waals surface area contributed by atoms with Crippen molar-refractivity contribution in [2.75, 3.05) is 17.3 Å². The molecule has 11 nitrogen and oxygen atoms in total. The number of nitro groups is 1. The van der Waals surface area contributed by atoms with E-state index in [1.165, 1.54) is 60.2 Å². The van der Waals surface area contributed by atoms with Crippen molar-refractivity contribution in [1.29, 1.82) is 0 Å². The maximum Gasteiger partial charge on any atom is 0.308 e. The zero-order valence-corrected chi connectivity index (χ0v) is 23.9. The molecular formula is C29H21FN4O7S2. The van der Waals surface area contributed by atoms with Gasteiger partial charge in [0.2, 0.25) is 17.7 Å². The lowest BCUT2D eigenvalue weighted by atomic mass is 9.82. The number of nitro benzene ring substituents is 1. The first-order chi connectivity index (χ1) is 20.7. The molecule has 0 bridgehead atoms. The number of carbonyl (C=O) groups is 3. The number of thioether (sulfide) groups is 1. The topological polar surface area (TPSA) is 141 Å². The number of benzene rings is 3.